The molecule has 16 heteroatoms. The monoisotopic (exact) mass is 473 g/mol. The summed E-state index contributed by atoms with van der Waals surface area (Å²) in [5, 5.41) is 7.64. The molecule has 1 unspecified atom stereocenters. The largest absolute Gasteiger partial charge is 1.00 e. The molecule has 1 aromatic heterocycles. The van der Waals surface area contributed by atoms with Crippen LogP contribution >= 0.6 is 11.3 Å². The molecular formula is C14H20N5NaO8S2. The average molecular weight is 473 g/mol. The number of amides is 2. The molecule has 0 bridgehead atoms. The van der Waals surface area contributed by atoms with E-state index in [0.29, 0.717) is 0 Å². The van der Waals surface area contributed by atoms with E-state index in [0.717, 1.165) is 11.3 Å². The van der Waals surface area contributed by atoms with Crippen molar-refractivity contribution in [3.63, 3.8) is 0 Å². The van der Waals surface area contributed by atoms with Gasteiger partial charge >= 0.3 is 39.9 Å². The van der Waals surface area contributed by atoms with Gasteiger partial charge in [-0.3, -0.25) is 14.1 Å². The summed E-state index contributed by atoms with van der Waals surface area (Å²) in [7, 11) is -3.66. The Morgan fingerprint density at radius 3 is 2.70 bits per heavy atom. The van der Waals surface area contributed by atoms with E-state index in [4.69, 9.17) is 15.2 Å². The first-order valence-electron chi connectivity index (χ1n) is 8.20. The van der Waals surface area contributed by atoms with Crippen molar-refractivity contribution in [2.24, 2.45) is 5.16 Å². The molecule has 13 nitrogen and oxygen atoms in total. The second-order valence-corrected chi connectivity index (χ2v) is 8.79. The molecule has 0 saturated carbocycles. The summed E-state index contributed by atoms with van der Waals surface area (Å²) in [5.41, 5.74) is 5.42. The summed E-state index contributed by atoms with van der Waals surface area (Å²) >= 11 is 1.07. The molecule has 0 aliphatic carbocycles. The van der Waals surface area contributed by atoms with E-state index in [1.165, 1.54) is 12.5 Å². The van der Waals surface area contributed by atoms with Gasteiger partial charge < -0.3 is 26.8 Å². The van der Waals surface area contributed by atoms with Gasteiger partial charge in [0.25, 0.3) is 11.8 Å². The first-order chi connectivity index (χ1) is 13.4. The summed E-state index contributed by atoms with van der Waals surface area (Å²) < 4.78 is 43.9. The second kappa shape index (κ2) is 9.04. The Morgan fingerprint density at radius 1 is 1.57 bits per heavy atom. The predicted molar refractivity (Wildman–Crippen MR) is 100 cm³/mol. The second-order valence-electron chi connectivity index (χ2n) is 6.61. The maximum absolute atomic E-state index is 12.7. The summed E-state index contributed by atoms with van der Waals surface area (Å²) in [6.45, 7) is 3.16. The molecule has 0 radical (unpaired) electrons. The molecule has 162 valence electrons. The summed E-state index contributed by atoms with van der Waals surface area (Å²) in [5.74, 6) is -2.91. The Bertz CT molecular complexity index is 972. The quantitative estimate of drug-likeness (QED) is 0.120. The van der Waals surface area contributed by atoms with Gasteiger partial charge in [-0.05, 0) is 13.8 Å². The van der Waals surface area contributed by atoms with Crippen molar-refractivity contribution in [2.75, 3.05) is 19.5 Å². The van der Waals surface area contributed by atoms with Gasteiger partial charge in [-0.1, -0.05) is 5.16 Å². The Kier molecular flexibility index (Phi) is 7.51. The van der Waals surface area contributed by atoms with E-state index in [9.17, 15) is 22.6 Å². The molecule has 2 amide bonds. The van der Waals surface area contributed by atoms with E-state index < -0.39 is 46.1 Å². The Balaban J connectivity index is 0.00000240. The van der Waals surface area contributed by atoms with Crippen LogP contribution in [0, 0.1) is 0 Å². The third kappa shape index (κ3) is 4.94. The van der Waals surface area contributed by atoms with Crippen molar-refractivity contribution in [2.45, 2.75) is 37.8 Å². The molecule has 2 saturated heterocycles. The summed E-state index contributed by atoms with van der Waals surface area (Å²) in [6.07, 6.45) is -0.910. The molecule has 2 aliphatic heterocycles. The number of aromatic nitrogens is 1. The van der Waals surface area contributed by atoms with Crippen molar-refractivity contribution in [1.82, 2.24) is 14.6 Å². The smallest absolute Gasteiger partial charge is 1.00 e. The Morgan fingerprint density at radius 2 is 2.23 bits per heavy atom. The fraction of sp³-hybridized carbons (Fsp3) is 0.571. The zero-order valence-corrected chi connectivity index (χ0v) is 20.2. The van der Waals surface area contributed by atoms with Crippen LogP contribution in [0.15, 0.2) is 10.5 Å². The summed E-state index contributed by atoms with van der Waals surface area (Å²) in [4.78, 5) is 33.6. The van der Waals surface area contributed by atoms with Crippen LogP contribution in [0.1, 0.15) is 21.0 Å². The first kappa shape index (κ1) is 24.9. The topological polar surface area (TPSA) is 183 Å². The van der Waals surface area contributed by atoms with E-state index in [-0.39, 0.29) is 58.4 Å². The van der Waals surface area contributed by atoms with E-state index in [1.807, 2.05) is 0 Å². The number of nitrogens with one attached hydrogen (secondary N) is 1. The molecule has 30 heavy (non-hydrogen) atoms. The Hall–Kier alpha value is -1.33. The minimum atomic E-state index is -4.87. The zero-order chi connectivity index (χ0) is 21.6. The molecule has 2 fully saturated rings. The molecule has 3 rings (SSSR count). The van der Waals surface area contributed by atoms with Crippen molar-refractivity contribution < 1.29 is 67.9 Å². The number of hydrogen-bond acceptors (Lipinski definition) is 11. The number of anilines is 1. The number of ether oxygens (including phenoxy) is 2. The molecule has 1 aromatic rings. The number of carbonyl (C=O) groups is 2. The zero-order valence-electron chi connectivity index (χ0n) is 17.6. The van der Waals surface area contributed by atoms with Gasteiger partial charge in [-0.2, -0.15) is 8.42 Å². The number of oxime groups is 1. The molecule has 3 heterocycles. The van der Waals surface area contributed by atoms with Crippen LogP contribution in [-0.4, -0.2) is 77.5 Å². The Labute approximate surface area is 199 Å². The van der Waals surface area contributed by atoms with Gasteiger partial charge in [0.15, 0.2) is 16.6 Å². The molecule has 0 spiro atoms. The van der Waals surface area contributed by atoms with Crippen LogP contribution in [0.4, 0.5) is 5.13 Å². The number of nitrogens with zero attached hydrogens (tertiary/aromatic N) is 3. The van der Waals surface area contributed by atoms with Crippen LogP contribution in [0.2, 0.25) is 0 Å². The fourth-order valence-corrected chi connectivity index (χ4v) is 4.50. The van der Waals surface area contributed by atoms with E-state index in [2.05, 4.69) is 20.3 Å². The van der Waals surface area contributed by atoms with Gasteiger partial charge in [0, 0.05) is 5.38 Å². The van der Waals surface area contributed by atoms with Crippen molar-refractivity contribution in [1.29, 1.82) is 0 Å². The standard InChI is InChI=1S/C14H19N5O8S2.Na.H/c1-14(2)26-4-7(27-14)10-9(12(21)19(10)29(22,23)24)17-11(20)8(18-25-3)6-5-28-13(15)16-6;;/h5,7,9-10H,4H2,1-3H3,(H2,15,16)(H,17,20)(H,22,23,24);;/q;+1;-1/b18-8-;;/t7?,9-,10+;;/m0../s1. The number of nitrogens with two attached hydrogens (primary N) is 1. The predicted octanol–water partition coefficient (Wildman–Crippen LogP) is -4.16. The first-order valence-corrected chi connectivity index (χ1v) is 10.5. The number of hydrogen-bond donors (Lipinski definition) is 3. The van der Waals surface area contributed by atoms with Crippen LogP contribution in [0.5, 0.6) is 0 Å². The molecule has 3 atom stereocenters. The number of thiazole rings is 1. The number of nitrogen functional groups attached to an aromatic ring is 1. The van der Waals surface area contributed by atoms with Crippen LogP contribution in [0.3, 0.4) is 0 Å². The van der Waals surface area contributed by atoms with Crippen molar-refractivity contribution >= 4 is 44.3 Å². The van der Waals surface area contributed by atoms with Gasteiger partial charge in [0.05, 0.1) is 6.61 Å². The molecular weight excluding hydrogens is 453 g/mol. The van der Waals surface area contributed by atoms with Crippen LogP contribution < -0.4 is 40.6 Å². The maximum Gasteiger partial charge on any atom is 1.00 e. The van der Waals surface area contributed by atoms with Crippen LogP contribution in [0.25, 0.3) is 0 Å². The number of β-lactam (4-membered cyclic amide) rings is 1. The third-order valence-electron chi connectivity index (χ3n) is 4.20. The number of rotatable bonds is 6. The molecule has 4 N–H and O–H groups in total. The van der Waals surface area contributed by atoms with Crippen LogP contribution in [-0.2, 0) is 34.2 Å². The van der Waals surface area contributed by atoms with Gasteiger partial charge in [0.1, 0.15) is 31.0 Å². The SMILES string of the molecule is CO/N=C(\C(=O)N[C@@H]1C(=O)N(S(=O)(=O)O)[C@@H]1C1COC(C)(C)O1)c1csc(N)n1.[H-].[Na+]. The van der Waals surface area contributed by atoms with E-state index in [1.54, 1.807) is 13.8 Å². The minimum Gasteiger partial charge on any atom is -1.00 e. The average Bonchev–Trinajstić information content (AvgIpc) is 3.18. The number of carbonyl (C=O) groups excluding carboxylic acids is 2. The van der Waals surface area contributed by atoms with Gasteiger partial charge in [0.2, 0.25) is 0 Å². The normalized spacial score (nSPS) is 26.0. The maximum atomic E-state index is 12.7. The molecule has 2 aliphatic rings. The van der Waals surface area contributed by atoms with E-state index >= 15 is 0 Å². The minimum absolute atomic E-state index is 0. The van der Waals surface area contributed by atoms with Gasteiger partial charge in [-0.25, -0.2) is 9.29 Å². The summed E-state index contributed by atoms with van der Waals surface area (Å²) in [6, 6.07) is -2.53. The molecule has 0 aromatic carbocycles. The van der Waals surface area contributed by atoms with Gasteiger partial charge in [-0.15, -0.1) is 11.3 Å². The fourth-order valence-electron chi connectivity index (χ4n) is 3.05. The van der Waals surface area contributed by atoms with Crippen molar-refractivity contribution in [3.8, 4) is 0 Å². The van der Waals surface area contributed by atoms with Crippen molar-refractivity contribution in [3.05, 3.63) is 11.1 Å². The third-order valence-corrected chi connectivity index (χ3v) is 5.80.